The zero-order valence-corrected chi connectivity index (χ0v) is 16.8. The predicted octanol–water partition coefficient (Wildman–Crippen LogP) is 5.03. The quantitative estimate of drug-likeness (QED) is 0.418. The Hall–Kier alpha value is -2.92. The van der Waals surface area contributed by atoms with Crippen molar-refractivity contribution in [2.24, 2.45) is 4.99 Å². The molecule has 0 radical (unpaired) electrons. The van der Waals surface area contributed by atoms with Gasteiger partial charge in [-0.2, -0.15) is 4.99 Å². The van der Waals surface area contributed by atoms with Crippen molar-refractivity contribution in [1.29, 1.82) is 0 Å². The minimum Gasteiger partial charge on any atom is -0.465 e. The van der Waals surface area contributed by atoms with E-state index < -0.39 is 0 Å². The molecule has 0 aliphatic carbocycles. The van der Waals surface area contributed by atoms with Gasteiger partial charge in [-0.15, -0.1) is 11.3 Å². The Morgan fingerprint density at radius 3 is 2.25 bits per heavy atom. The smallest absolute Gasteiger partial charge is 0.295 e. The Balaban J connectivity index is 1.83. The molecule has 1 aromatic heterocycles. The molecule has 0 N–H and O–H groups in total. The Labute approximate surface area is 170 Å². The summed E-state index contributed by atoms with van der Waals surface area (Å²) < 4.78 is 5.79. The van der Waals surface area contributed by atoms with Crippen molar-refractivity contribution >= 4 is 23.3 Å². The molecule has 0 spiro atoms. The molecule has 2 aromatic carbocycles. The lowest BCUT2D eigenvalue weighted by Gasteiger charge is -2.25. The van der Waals surface area contributed by atoms with E-state index in [1.807, 2.05) is 59.7 Å². The first-order valence-corrected chi connectivity index (χ1v) is 10.3. The number of aliphatic imine (C=N–C) groups is 1. The van der Waals surface area contributed by atoms with Gasteiger partial charge in [-0.1, -0.05) is 66.7 Å². The van der Waals surface area contributed by atoms with Gasteiger partial charge in [0.15, 0.2) is 0 Å². The number of nitrogens with zero attached hydrogens (tertiary/aromatic N) is 2. The number of ether oxygens (including phenoxy) is 1. The molecule has 0 bridgehead atoms. The molecular formula is C23H24N2O2S. The number of carbonyl (C=O) groups excluding carboxylic acids is 1. The molecule has 3 aromatic rings. The maximum Gasteiger partial charge on any atom is 0.295 e. The lowest BCUT2D eigenvalue weighted by molar-refractivity contribution is 0.0997. The fourth-order valence-electron chi connectivity index (χ4n) is 2.82. The van der Waals surface area contributed by atoms with Crippen molar-refractivity contribution in [3.63, 3.8) is 0 Å². The van der Waals surface area contributed by atoms with Crippen molar-refractivity contribution in [2.45, 2.75) is 19.9 Å². The highest BCUT2D eigenvalue weighted by Crippen LogP contribution is 2.13. The predicted molar refractivity (Wildman–Crippen MR) is 115 cm³/mol. The van der Waals surface area contributed by atoms with E-state index in [9.17, 15) is 4.79 Å². The second-order valence-corrected chi connectivity index (χ2v) is 7.20. The SMILES string of the molecule is CCOC(=NC(=O)c1cccs1)N(CCc1ccccc1)Cc1ccccc1. The molecule has 1 amide bonds. The average Bonchev–Trinajstić information content (AvgIpc) is 3.27. The number of carbonyl (C=O) groups is 1. The summed E-state index contributed by atoms with van der Waals surface area (Å²) in [6, 6.07) is 24.5. The van der Waals surface area contributed by atoms with Gasteiger partial charge in [0.25, 0.3) is 11.9 Å². The second kappa shape index (κ2) is 10.4. The van der Waals surface area contributed by atoms with E-state index in [2.05, 4.69) is 29.3 Å². The fraction of sp³-hybridized carbons (Fsp3) is 0.217. The van der Waals surface area contributed by atoms with Crippen LogP contribution in [0.15, 0.2) is 83.2 Å². The summed E-state index contributed by atoms with van der Waals surface area (Å²) in [5.41, 5.74) is 2.38. The van der Waals surface area contributed by atoms with Gasteiger partial charge in [0.05, 0.1) is 11.5 Å². The molecule has 4 nitrogen and oxygen atoms in total. The van der Waals surface area contributed by atoms with Crippen LogP contribution in [0.1, 0.15) is 27.7 Å². The van der Waals surface area contributed by atoms with Crippen molar-refractivity contribution < 1.29 is 9.53 Å². The molecule has 0 aliphatic rings. The number of hydrogen-bond acceptors (Lipinski definition) is 3. The summed E-state index contributed by atoms with van der Waals surface area (Å²) >= 11 is 1.39. The van der Waals surface area contributed by atoms with Crippen LogP contribution in [-0.2, 0) is 17.7 Å². The second-order valence-electron chi connectivity index (χ2n) is 6.25. The Bertz CT molecular complexity index is 877. The molecule has 0 atom stereocenters. The topological polar surface area (TPSA) is 41.9 Å². The highest BCUT2D eigenvalue weighted by atomic mass is 32.1. The molecular weight excluding hydrogens is 368 g/mol. The Morgan fingerprint density at radius 2 is 1.64 bits per heavy atom. The molecule has 0 saturated carbocycles. The third-order valence-corrected chi connectivity index (χ3v) is 5.06. The number of benzene rings is 2. The summed E-state index contributed by atoms with van der Waals surface area (Å²) in [4.78, 5) is 19.5. The van der Waals surface area contributed by atoms with Gasteiger partial charge >= 0.3 is 0 Å². The molecule has 144 valence electrons. The van der Waals surface area contributed by atoms with E-state index in [-0.39, 0.29) is 5.91 Å². The summed E-state index contributed by atoms with van der Waals surface area (Å²) in [7, 11) is 0. The van der Waals surface area contributed by atoms with Crippen LogP contribution in [0.4, 0.5) is 0 Å². The number of amides is 1. The average molecular weight is 393 g/mol. The van der Waals surface area contributed by atoms with Crippen LogP contribution < -0.4 is 0 Å². The van der Waals surface area contributed by atoms with Crippen molar-refractivity contribution in [3.8, 4) is 0 Å². The van der Waals surface area contributed by atoms with Crippen LogP contribution in [0.3, 0.4) is 0 Å². The molecule has 0 unspecified atom stereocenters. The van der Waals surface area contributed by atoms with E-state index in [4.69, 9.17) is 4.74 Å². The van der Waals surface area contributed by atoms with Gasteiger partial charge < -0.3 is 9.64 Å². The first-order valence-electron chi connectivity index (χ1n) is 9.38. The lowest BCUT2D eigenvalue weighted by atomic mass is 10.1. The zero-order valence-electron chi connectivity index (χ0n) is 16.0. The molecule has 3 rings (SSSR count). The maximum absolute atomic E-state index is 12.5. The van der Waals surface area contributed by atoms with E-state index in [1.165, 1.54) is 16.9 Å². The van der Waals surface area contributed by atoms with Gasteiger partial charge in [-0.25, -0.2) is 0 Å². The highest BCUT2D eigenvalue weighted by Gasteiger charge is 2.17. The lowest BCUT2D eigenvalue weighted by Crippen LogP contribution is -2.35. The van der Waals surface area contributed by atoms with Gasteiger partial charge in [0, 0.05) is 13.1 Å². The minimum atomic E-state index is -0.267. The third kappa shape index (κ3) is 5.79. The number of hydrogen-bond donors (Lipinski definition) is 0. The first kappa shape index (κ1) is 19.8. The Kier molecular flexibility index (Phi) is 7.38. The van der Waals surface area contributed by atoms with Crippen molar-refractivity contribution in [1.82, 2.24) is 4.90 Å². The maximum atomic E-state index is 12.5. The minimum absolute atomic E-state index is 0.267. The zero-order chi connectivity index (χ0) is 19.6. The largest absolute Gasteiger partial charge is 0.465 e. The summed E-state index contributed by atoms with van der Waals surface area (Å²) in [5, 5.41) is 1.88. The van der Waals surface area contributed by atoms with Gasteiger partial charge in [-0.05, 0) is 35.9 Å². The third-order valence-electron chi connectivity index (χ3n) is 4.20. The molecule has 0 saturated heterocycles. The normalized spacial score (nSPS) is 11.2. The van der Waals surface area contributed by atoms with E-state index in [0.29, 0.717) is 30.6 Å². The molecule has 0 fully saturated rings. The van der Waals surface area contributed by atoms with Crippen LogP contribution in [0.25, 0.3) is 0 Å². The van der Waals surface area contributed by atoms with E-state index in [0.717, 1.165) is 12.0 Å². The monoisotopic (exact) mass is 392 g/mol. The van der Waals surface area contributed by atoms with Crippen LogP contribution in [0.2, 0.25) is 0 Å². The molecule has 0 aliphatic heterocycles. The summed E-state index contributed by atoms with van der Waals surface area (Å²) in [6.07, 6.45) is 0.840. The van der Waals surface area contributed by atoms with Crippen LogP contribution in [0.5, 0.6) is 0 Å². The van der Waals surface area contributed by atoms with E-state index >= 15 is 0 Å². The summed E-state index contributed by atoms with van der Waals surface area (Å²) in [5.74, 6) is -0.267. The van der Waals surface area contributed by atoms with Crippen molar-refractivity contribution in [2.75, 3.05) is 13.2 Å². The van der Waals surface area contributed by atoms with Crippen LogP contribution >= 0.6 is 11.3 Å². The van der Waals surface area contributed by atoms with Crippen molar-refractivity contribution in [3.05, 3.63) is 94.2 Å². The number of thiophene rings is 1. The van der Waals surface area contributed by atoms with Gasteiger partial charge in [0.1, 0.15) is 0 Å². The van der Waals surface area contributed by atoms with E-state index in [1.54, 1.807) is 6.07 Å². The Morgan fingerprint density at radius 1 is 0.964 bits per heavy atom. The first-order chi connectivity index (χ1) is 13.8. The highest BCUT2D eigenvalue weighted by molar-refractivity contribution is 7.12. The van der Waals surface area contributed by atoms with Gasteiger partial charge in [-0.3, -0.25) is 4.79 Å². The van der Waals surface area contributed by atoms with Gasteiger partial charge in [0.2, 0.25) is 0 Å². The number of rotatable bonds is 7. The molecule has 5 heteroatoms. The molecule has 1 heterocycles. The fourth-order valence-corrected chi connectivity index (χ4v) is 3.43. The molecule has 28 heavy (non-hydrogen) atoms. The van der Waals surface area contributed by atoms with Crippen LogP contribution in [0, 0.1) is 0 Å². The van der Waals surface area contributed by atoms with Crippen LogP contribution in [-0.4, -0.2) is 30.0 Å². The number of amidine groups is 1. The summed E-state index contributed by atoms with van der Waals surface area (Å²) in [6.45, 7) is 3.69. The standard InChI is InChI=1S/C23H24N2O2S/c1-2-27-23(24-22(26)21-14-9-17-28-21)25(18-20-12-7-4-8-13-20)16-15-19-10-5-3-6-11-19/h3-14,17H,2,15-16,18H2,1H3.